The third kappa shape index (κ3) is 5.05. The van der Waals surface area contributed by atoms with Gasteiger partial charge in [0.15, 0.2) is 0 Å². The molecular formula is C17H26N2O2. The zero-order chi connectivity index (χ0) is 15.1. The molecule has 1 fully saturated rings. The molecule has 1 aliphatic heterocycles. The smallest absolute Gasteiger partial charge is 0.129 e. The fourth-order valence-corrected chi connectivity index (χ4v) is 2.75. The van der Waals surface area contributed by atoms with Crippen molar-refractivity contribution in [2.24, 2.45) is 0 Å². The van der Waals surface area contributed by atoms with E-state index >= 15 is 0 Å². The molecule has 0 radical (unpaired) electrons. The SMILES string of the molecule is COc1cccc(N2CCN(CCCCC(C)=O)CC2)c1. The van der Waals surface area contributed by atoms with E-state index in [4.69, 9.17) is 4.74 Å². The number of carbonyl (C=O) groups excluding carboxylic acids is 1. The van der Waals surface area contributed by atoms with Crippen molar-refractivity contribution in [3.63, 3.8) is 0 Å². The van der Waals surface area contributed by atoms with Gasteiger partial charge in [-0.15, -0.1) is 0 Å². The van der Waals surface area contributed by atoms with Gasteiger partial charge in [0.1, 0.15) is 11.5 Å². The predicted molar refractivity (Wildman–Crippen MR) is 86.2 cm³/mol. The zero-order valence-electron chi connectivity index (χ0n) is 13.2. The first-order valence-corrected chi connectivity index (χ1v) is 7.80. The summed E-state index contributed by atoms with van der Waals surface area (Å²) in [5, 5.41) is 0. The first-order valence-electron chi connectivity index (χ1n) is 7.80. The van der Waals surface area contributed by atoms with Gasteiger partial charge in [-0.3, -0.25) is 4.90 Å². The second-order valence-electron chi connectivity index (χ2n) is 5.69. The van der Waals surface area contributed by atoms with Crippen LogP contribution in [0, 0.1) is 0 Å². The molecule has 0 aliphatic carbocycles. The zero-order valence-corrected chi connectivity index (χ0v) is 13.2. The molecule has 4 heteroatoms. The van der Waals surface area contributed by atoms with Crippen LogP contribution in [-0.4, -0.2) is 50.5 Å². The average Bonchev–Trinajstić information content (AvgIpc) is 2.52. The quantitative estimate of drug-likeness (QED) is 0.723. The van der Waals surface area contributed by atoms with Crippen molar-refractivity contribution in [3.05, 3.63) is 24.3 Å². The number of benzene rings is 1. The van der Waals surface area contributed by atoms with E-state index in [2.05, 4.69) is 21.9 Å². The molecule has 0 saturated carbocycles. The number of hydrogen-bond acceptors (Lipinski definition) is 4. The Kier molecular flexibility index (Phi) is 6.05. The lowest BCUT2D eigenvalue weighted by molar-refractivity contribution is -0.117. The largest absolute Gasteiger partial charge is 0.497 e. The van der Waals surface area contributed by atoms with Crippen molar-refractivity contribution in [1.29, 1.82) is 0 Å². The number of ketones is 1. The van der Waals surface area contributed by atoms with Crippen LogP contribution in [-0.2, 0) is 4.79 Å². The van der Waals surface area contributed by atoms with Crippen molar-refractivity contribution in [2.45, 2.75) is 26.2 Å². The van der Waals surface area contributed by atoms with E-state index in [0.29, 0.717) is 5.78 Å². The molecule has 21 heavy (non-hydrogen) atoms. The Morgan fingerprint density at radius 3 is 2.62 bits per heavy atom. The minimum atomic E-state index is 0.304. The number of piperazine rings is 1. The van der Waals surface area contributed by atoms with E-state index in [0.717, 1.165) is 57.7 Å². The summed E-state index contributed by atoms with van der Waals surface area (Å²) in [6.45, 7) is 7.08. The topological polar surface area (TPSA) is 32.8 Å². The number of nitrogens with zero attached hydrogens (tertiary/aromatic N) is 2. The van der Waals surface area contributed by atoms with Gasteiger partial charge in [0.2, 0.25) is 0 Å². The van der Waals surface area contributed by atoms with Gasteiger partial charge < -0.3 is 14.4 Å². The van der Waals surface area contributed by atoms with Crippen LogP contribution >= 0.6 is 0 Å². The van der Waals surface area contributed by atoms with Gasteiger partial charge >= 0.3 is 0 Å². The van der Waals surface area contributed by atoms with Crippen LogP contribution < -0.4 is 9.64 Å². The Morgan fingerprint density at radius 1 is 1.19 bits per heavy atom. The molecule has 0 unspecified atom stereocenters. The molecule has 1 saturated heterocycles. The van der Waals surface area contributed by atoms with E-state index in [9.17, 15) is 4.79 Å². The second-order valence-corrected chi connectivity index (χ2v) is 5.69. The number of ether oxygens (including phenoxy) is 1. The third-order valence-electron chi connectivity index (χ3n) is 4.04. The Labute approximate surface area is 127 Å². The van der Waals surface area contributed by atoms with Crippen molar-refractivity contribution < 1.29 is 9.53 Å². The monoisotopic (exact) mass is 290 g/mol. The van der Waals surface area contributed by atoms with Crippen LogP contribution in [0.3, 0.4) is 0 Å². The summed E-state index contributed by atoms with van der Waals surface area (Å²) >= 11 is 0. The molecule has 0 amide bonds. The second kappa shape index (κ2) is 8.03. The lowest BCUT2D eigenvalue weighted by atomic mass is 10.1. The number of methoxy groups -OCH3 is 1. The molecule has 0 aromatic heterocycles. The lowest BCUT2D eigenvalue weighted by Gasteiger charge is -2.36. The van der Waals surface area contributed by atoms with Gasteiger partial charge in [0.05, 0.1) is 7.11 Å². The highest BCUT2D eigenvalue weighted by atomic mass is 16.5. The Bertz CT molecular complexity index is 454. The highest BCUT2D eigenvalue weighted by Crippen LogP contribution is 2.22. The maximum absolute atomic E-state index is 10.9. The molecule has 0 bridgehead atoms. The molecule has 0 atom stereocenters. The summed E-state index contributed by atoms with van der Waals surface area (Å²) in [5.41, 5.74) is 1.24. The summed E-state index contributed by atoms with van der Waals surface area (Å²) in [7, 11) is 1.71. The number of Topliss-reactive ketones (excluding diaryl/α,β-unsaturated/α-hetero) is 1. The number of anilines is 1. The van der Waals surface area contributed by atoms with Crippen LogP contribution in [0.2, 0.25) is 0 Å². The first-order chi connectivity index (χ1) is 10.2. The van der Waals surface area contributed by atoms with E-state index in [1.807, 2.05) is 12.1 Å². The van der Waals surface area contributed by atoms with E-state index < -0.39 is 0 Å². The van der Waals surface area contributed by atoms with E-state index in [1.54, 1.807) is 14.0 Å². The van der Waals surface area contributed by atoms with Crippen LogP contribution in [0.15, 0.2) is 24.3 Å². The third-order valence-corrected chi connectivity index (χ3v) is 4.04. The van der Waals surface area contributed by atoms with Crippen LogP contribution in [0.5, 0.6) is 5.75 Å². The van der Waals surface area contributed by atoms with Gasteiger partial charge in [-0.2, -0.15) is 0 Å². The van der Waals surface area contributed by atoms with Crippen LogP contribution in [0.1, 0.15) is 26.2 Å². The van der Waals surface area contributed by atoms with Crippen molar-refractivity contribution >= 4 is 11.5 Å². The predicted octanol–water partition coefficient (Wildman–Crippen LogP) is 2.58. The van der Waals surface area contributed by atoms with Crippen molar-refractivity contribution in [3.8, 4) is 5.75 Å². The van der Waals surface area contributed by atoms with Crippen LogP contribution in [0.25, 0.3) is 0 Å². The molecule has 0 spiro atoms. The molecule has 1 aromatic carbocycles. The van der Waals surface area contributed by atoms with E-state index in [1.165, 1.54) is 5.69 Å². The summed E-state index contributed by atoms with van der Waals surface area (Å²) in [5.74, 6) is 1.22. The minimum Gasteiger partial charge on any atom is -0.497 e. The molecule has 1 aliphatic rings. The summed E-state index contributed by atoms with van der Waals surface area (Å²) in [6, 6.07) is 8.27. The van der Waals surface area contributed by atoms with Crippen molar-refractivity contribution in [2.75, 3.05) is 44.7 Å². The van der Waals surface area contributed by atoms with Crippen molar-refractivity contribution in [1.82, 2.24) is 4.90 Å². The average molecular weight is 290 g/mol. The van der Waals surface area contributed by atoms with Gasteiger partial charge in [-0.1, -0.05) is 6.07 Å². The first kappa shape index (κ1) is 15.8. The summed E-state index contributed by atoms with van der Waals surface area (Å²) in [6.07, 6.45) is 2.87. The maximum Gasteiger partial charge on any atom is 0.129 e. The Hall–Kier alpha value is -1.55. The number of rotatable bonds is 7. The number of carbonyl (C=O) groups is 1. The number of unbranched alkanes of at least 4 members (excludes halogenated alkanes) is 1. The lowest BCUT2D eigenvalue weighted by Crippen LogP contribution is -2.46. The molecule has 4 nitrogen and oxygen atoms in total. The molecule has 1 heterocycles. The fraction of sp³-hybridized carbons (Fsp3) is 0.588. The van der Waals surface area contributed by atoms with Gasteiger partial charge in [0, 0.05) is 44.4 Å². The molecule has 116 valence electrons. The van der Waals surface area contributed by atoms with Gasteiger partial charge in [0.25, 0.3) is 0 Å². The van der Waals surface area contributed by atoms with Crippen LogP contribution in [0.4, 0.5) is 5.69 Å². The fourth-order valence-electron chi connectivity index (χ4n) is 2.75. The molecule has 1 aromatic rings. The molecule has 0 N–H and O–H groups in total. The molecular weight excluding hydrogens is 264 g/mol. The number of hydrogen-bond donors (Lipinski definition) is 0. The summed E-state index contributed by atoms with van der Waals surface area (Å²) in [4.78, 5) is 15.8. The van der Waals surface area contributed by atoms with Gasteiger partial charge in [-0.05, 0) is 38.4 Å². The normalized spacial score (nSPS) is 16.0. The highest BCUT2D eigenvalue weighted by molar-refractivity contribution is 5.75. The molecule has 2 rings (SSSR count). The minimum absolute atomic E-state index is 0.304. The Balaban J connectivity index is 1.73. The highest BCUT2D eigenvalue weighted by Gasteiger charge is 2.17. The Morgan fingerprint density at radius 2 is 1.95 bits per heavy atom. The maximum atomic E-state index is 10.9. The standard InChI is InChI=1S/C17H26N2O2/c1-15(20)6-3-4-9-18-10-12-19(13-11-18)16-7-5-8-17(14-16)21-2/h5,7-8,14H,3-4,6,9-13H2,1-2H3. The van der Waals surface area contributed by atoms with Gasteiger partial charge in [-0.25, -0.2) is 0 Å². The van der Waals surface area contributed by atoms with E-state index in [-0.39, 0.29) is 0 Å². The summed E-state index contributed by atoms with van der Waals surface area (Å²) < 4.78 is 5.29.